The van der Waals surface area contributed by atoms with Crippen molar-refractivity contribution in [2.24, 2.45) is 0 Å². The minimum Gasteiger partial charge on any atom is -0.302 e. The van der Waals surface area contributed by atoms with Crippen molar-refractivity contribution in [3.8, 4) is 0 Å². The molecule has 0 rings (SSSR count). The van der Waals surface area contributed by atoms with Crippen LogP contribution in [0.5, 0.6) is 0 Å². The first-order chi connectivity index (χ1) is 5.52. The van der Waals surface area contributed by atoms with Gasteiger partial charge in [0, 0.05) is 5.54 Å². The number of nitrogens with one attached hydrogen (secondary N) is 2. The van der Waals surface area contributed by atoms with Gasteiger partial charge in [-0.15, -0.1) is 0 Å². The zero-order chi connectivity index (χ0) is 9.61. The van der Waals surface area contributed by atoms with Gasteiger partial charge < -0.3 is 5.32 Å². The molecule has 0 radical (unpaired) electrons. The average molecular weight is 172 g/mol. The smallest absolute Gasteiger partial charge is 0.0546 e. The van der Waals surface area contributed by atoms with Gasteiger partial charge in [-0.3, -0.25) is 5.32 Å². The van der Waals surface area contributed by atoms with E-state index in [4.69, 9.17) is 0 Å². The van der Waals surface area contributed by atoms with Crippen LogP contribution in [0.3, 0.4) is 0 Å². The largest absolute Gasteiger partial charge is 0.302 e. The Balaban J connectivity index is 3.60. The van der Waals surface area contributed by atoms with Gasteiger partial charge in [0.1, 0.15) is 0 Å². The second-order valence-corrected chi connectivity index (χ2v) is 4.06. The molecule has 2 N–H and O–H groups in total. The number of rotatable bonds is 6. The summed E-state index contributed by atoms with van der Waals surface area (Å²) in [5.41, 5.74) is 0.250. The molecule has 0 aliphatic heterocycles. The van der Waals surface area contributed by atoms with E-state index in [1.165, 1.54) is 6.42 Å². The van der Waals surface area contributed by atoms with E-state index in [2.05, 4.69) is 45.3 Å². The first kappa shape index (κ1) is 11.9. The van der Waals surface area contributed by atoms with Crippen LogP contribution in [0, 0.1) is 0 Å². The summed E-state index contributed by atoms with van der Waals surface area (Å²) in [4.78, 5) is 0. The lowest BCUT2D eigenvalue weighted by molar-refractivity contribution is 0.304. The molecule has 0 bridgehead atoms. The van der Waals surface area contributed by atoms with E-state index in [0.717, 1.165) is 13.0 Å². The monoisotopic (exact) mass is 172 g/mol. The second-order valence-electron chi connectivity index (χ2n) is 4.06. The third kappa shape index (κ3) is 5.56. The molecule has 0 saturated carbocycles. The third-order valence-corrected chi connectivity index (χ3v) is 2.19. The number of hydrogen-bond donors (Lipinski definition) is 2. The molecule has 0 saturated heterocycles. The second kappa shape index (κ2) is 5.55. The summed E-state index contributed by atoms with van der Waals surface area (Å²) in [6, 6.07) is 0. The fourth-order valence-corrected chi connectivity index (χ4v) is 1.10. The van der Waals surface area contributed by atoms with Crippen LogP contribution in [0.25, 0.3) is 0 Å². The molecule has 0 aromatic rings. The molecule has 2 heteroatoms. The summed E-state index contributed by atoms with van der Waals surface area (Å²) >= 11 is 0. The summed E-state index contributed by atoms with van der Waals surface area (Å²) in [6.07, 6.45) is 2.77. The van der Waals surface area contributed by atoms with Crippen molar-refractivity contribution in [1.82, 2.24) is 10.6 Å². The molecule has 12 heavy (non-hydrogen) atoms. The molecule has 0 aromatic carbocycles. The molecule has 0 fully saturated rings. The van der Waals surface area contributed by atoms with Crippen LogP contribution < -0.4 is 10.6 Å². The standard InChI is InChI=1S/C10H24N2/c1-6-8-11-9(3)12-10(4,5)7-2/h9,11-12H,6-8H2,1-5H3. The molecule has 1 unspecified atom stereocenters. The summed E-state index contributed by atoms with van der Waals surface area (Å²) in [5.74, 6) is 0. The van der Waals surface area contributed by atoms with Gasteiger partial charge in [0.2, 0.25) is 0 Å². The van der Waals surface area contributed by atoms with Crippen molar-refractivity contribution in [3.63, 3.8) is 0 Å². The van der Waals surface area contributed by atoms with Crippen LogP contribution in [0.15, 0.2) is 0 Å². The maximum atomic E-state index is 3.53. The van der Waals surface area contributed by atoms with E-state index in [0.29, 0.717) is 6.17 Å². The quantitative estimate of drug-likeness (QED) is 0.600. The Hall–Kier alpha value is -0.0800. The first-order valence-corrected chi connectivity index (χ1v) is 5.03. The minimum atomic E-state index is 0.250. The Bertz CT molecular complexity index is 110. The molecular formula is C10H24N2. The molecule has 0 heterocycles. The maximum absolute atomic E-state index is 3.53. The van der Waals surface area contributed by atoms with Crippen molar-refractivity contribution in [2.45, 2.75) is 59.2 Å². The van der Waals surface area contributed by atoms with E-state index in [9.17, 15) is 0 Å². The van der Waals surface area contributed by atoms with Crippen molar-refractivity contribution < 1.29 is 0 Å². The molecule has 1 atom stereocenters. The van der Waals surface area contributed by atoms with E-state index in [-0.39, 0.29) is 5.54 Å². The van der Waals surface area contributed by atoms with Gasteiger partial charge in [0.05, 0.1) is 6.17 Å². The fourth-order valence-electron chi connectivity index (χ4n) is 1.10. The molecule has 2 nitrogen and oxygen atoms in total. The summed E-state index contributed by atoms with van der Waals surface area (Å²) < 4.78 is 0. The predicted molar refractivity (Wildman–Crippen MR) is 55.3 cm³/mol. The lowest BCUT2D eigenvalue weighted by atomic mass is 10.0. The topological polar surface area (TPSA) is 24.1 Å². The average Bonchev–Trinajstić information content (AvgIpc) is 2.00. The first-order valence-electron chi connectivity index (χ1n) is 5.03. The molecular weight excluding hydrogens is 148 g/mol. The molecule has 0 spiro atoms. The molecule has 0 aliphatic carbocycles. The van der Waals surface area contributed by atoms with Crippen LogP contribution in [0.2, 0.25) is 0 Å². The molecule has 74 valence electrons. The molecule has 0 aliphatic rings. The summed E-state index contributed by atoms with van der Waals surface area (Å²) in [6.45, 7) is 12.1. The Morgan fingerprint density at radius 3 is 2.25 bits per heavy atom. The van der Waals surface area contributed by atoms with Gasteiger partial charge in [0.15, 0.2) is 0 Å². The van der Waals surface area contributed by atoms with Crippen molar-refractivity contribution >= 4 is 0 Å². The Morgan fingerprint density at radius 2 is 1.83 bits per heavy atom. The van der Waals surface area contributed by atoms with Crippen LogP contribution >= 0.6 is 0 Å². The normalized spacial score (nSPS) is 14.8. The fraction of sp³-hybridized carbons (Fsp3) is 1.00. The Morgan fingerprint density at radius 1 is 1.25 bits per heavy atom. The molecule has 0 amide bonds. The van der Waals surface area contributed by atoms with Gasteiger partial charge in [-0.2, -0.15) is 0 Å². The van der Waals surface area contributed by atoms with Crippen molar-refractivity contribution in [1.29, 1.82) is 0 Å². The van der Waals surface area contributed by atoms with Crippen molar-refractivity contribution in [3.05, 3.63) is 0 Å². The lowest BCUT2D eigenvalue weighted by Crippen LogP contribution is -2.50. The summed E-state index contributed by atoms with van der Waals surface area (Å²) in [5, 5.41) is 6.94. The maximum Gasteiger partial charge on any atom is 0.0546 e. The van der Waals surface area contributed by atoms with Gasteiger partial charge in [0.25, 0.3) is 0 Å². The van der Waals surface area contributed by atoms with E-state index >= 15 is 0 Å². The Kier molecular flexibility index (Phi) is 5.51. The van der Waals surface area contributed by atoms with Crippen molar-refractivity contribution in [2.75, 3.05) is 6.54 Å². The van der Waals surface area contributed by atoms with Gasteiger partial charge in [-0.1, -0.05) is 13.8 Å². The van der Waals surface area contributed by atoms with Crippen LogP contribution in [-0.2, 0) is 0 Å². The highest BCUT2D eigenvalue weighted by Gasteiger charge is 2.16. The highest BCUT2D eigenvalue weighted by Crippen LogP contribution is 2.07. The summed E-state index contributed by atoms with van der Waals surface area (Å²) in [7, 11) is 0. The lowest BCUT2D eigenvalue weighted by Gasteiger charge is -2.29. The third-order valence-electron chi connectivity index (χ3n) is 2.19. The highest BCUT2D eigenvalue weighted by atomic mass is 15.1. The zero-order valence-corrected chi connectivity index (χ0v) is 9.20. The van der Waals surface area contributed by atoms with Crippen LogP contribution in [0.1, 0.15) is 47.5 Å². The SMILES string of the molecule is CCCNC(C)NC(C)(C)CC. The minimum absolute atomic E-state index is 0.250. The Labute approximate surface area is 77.1 Å². The van der Waals surface area contributed by atoms with E-state index in [1.54, 1.807) is 0 Å². The molecule has 0 aromatic heterocycles. The van der Waals surface area contributed by atoms with Gasteiger partial charge >= 0.3 is 0 Å². The zero-order valence-electron chi connectivity index (χ0n) is 9.20. The predicted octanol–water partition coefficient (Wildman–Crippen LogP) is 2.11. The van der Waals surface area contributed by atoms with E-state index in [1.807, 2.05) is 0 Å². The van der Waals surface area contributed by atoms with Gasteiger partial charge in [-0.05, 0) is 40.2 Å². The highest BCUT2D eigenvalue weighted by molar-refractivity contribution is 4.77. The van der Waals surface area contributed by atoms with Crippen LogP contribution in [-0.4, -0.2) is 18.2 Å². The van der Waals surface area contributed by atoms with Gasteiger partial charge in [-0.25, -0.2) is 0 Å². The number of hydrogen-bond acceptors (Lipinski definition) is 2. The van der Waals surface area contributed by atoms with E-state index < -0.39 is 0 Å². The van der Waals surface area contributed by atoms with Crippen LogP contribution in [0.4, 0.5) is 0 Å².